The third-order valence-electron chi connectivity index (χ3n) is 5.46. The maximum atomic E-state index is 12.5. The summed E-state index contributed by atoms with van der Waals surface area (Å²) < 4.78 is 0. The van der Waals surface area contributed by atoms with Crippen molar-refractivity contribution in [3.05, 3.63) is 58.0 Å². The van der Waals surface area contributed by atoms with Crippen LogP contribution in [-0.4, -0.2) is 62.7 Å². The molecule has 0 atom stereocenters. The summed E-state index contributed by atoms with van der Waals surface area (Å²) in [7, 11) is 0. The number of amides is 2. The molecule has 1 fully saturated rings. The van der Waals surface area contributed by atoms with Crippen LogP contribution in [0.1, 0.15) is 24.0 Å². The lowest BCUT2D eigenvalue weighted by Gasteiger charge is -2.34. The fourth-order valence-corrected chi connectivity index (χ4v) is 3.68. The van der Waals surface area contributed by atoms with Crippen molar-refractivity contribution in [1.82, 2.24) is 24.8 Å². The maximum Gasteiger partial charge on any atom is 0.325 e. The molecule has 1 saturated heterocycles. The summed E-state index contributed by atoms with van der Waals surface area (Å²) in [6.07, 6.45) is 0.249. The smallest absolute Gasteiger partial charge is 0.325 e. The summed E-state index contributed by atoms with van der Waals surface area (Å²) >= 11 is 0. The number of anilines is 1. The molecule has 1 aliphatic rings. The Morgan fingerprint density at radius 2 is 1.74 bits per heavy atom. The van der Waals surface area contributed by atoms with E-state index in [1.54, 1.807) is 12.1 Å². The highest BCUT2D eigenvalue weighted by Gasteiger charge is 2.21. The second kappa shape index (κ2) is 9.13. The van der Waals surface area contributed by atoms with Gasteiger partial charge in [-0.05, 0) is 24.6 Å². The Bertz CT molecular complexity index is 1130. The predicted molar refractivity (Wildman–Crippen MR) is 118 cm³/mol. The van der Waals surface area contributed by atoms with E-state index in [9.17, 15) is 14.4 Å². The fraction of sp³-hybridized carbons (Fsp3) is 0.364. The molecule has 0 saturated carbocycles. The van der Waals surface area contributed by atoms with Gasteiger partial charge in [-0.15, -0.1) is 0 Å². The first kappa shape index (κ1) is 20.8. The van der Waals surface area contributed by atoms with Gasteiger partial charge in [0.15, 0.2) is 5.65 Å². The second-order valence-electron chi connectivity index (χ2n) is 7.86. The normalized spacial score (nSPS) is 14.7. The van der Waals surface area contributed by atoms with Crippen LogP contribution in [0.4, 0.5) is 5.82 Å². The number of aromatic nitrogens is 3. The zero-order valence-electron chi connectivity index (χ0n) is 17.5. The van der Waals surface area contributed by atoms with Crippen LogP contribution < -0.4 is 11.0 Å². The molecule has 31 heavy (non-hydrogen) atoms. The number of carbonyl (C=O) groups is 2. The van der Waals surface area contributed by atoms with Crippen molar-refractivity contribution < 1.29 is 9.59 Å². The molecule has 3 aromatic rings. The van der Waals surface area contributed by atoms with E-state index in [2.05, 4.69) is 56.4 Å². The molecule has 0 radical (unpaired) electrons. The molecule has 1 aliphatic heterocycles. The molecule has 0 bridgehead atoms. The monoisotopic (exact) mass is 422 g/mol. The van der Waals surface area contributed by atoms with Gasteiger partial charge in [-0.3, -0.25) is 19.5 Å². The third-order valence-corrected chi connectivity index (χ3v) is 5.46. The number of hydrogen-bond donors (Lipinski definition) is 3. The highest BCUT2D eigenvalue weighted by Crippen LogP contribution is 2.12. The van der Waals surface area contributed by atoms with Crippen molar-refractivity contribution in [2.75, 3.05) is 31.5 Å². The van der Waals surface area contributed by atoms with Crippen molar-refractivity contribution in [1.29, 1.82) is 0 Å². The van der Waals surface area contributed by atoms with Gasteiger partial charge in [0.1, 0.15) is 5.82 Å². The first-order chi connectivity index (χ1) is 15.0. The number of rotatable bonds is 6. The number of aromatic amines is 2. The average molecular weight is 422 g/mol. The van der Waals surface area contributed by atoms with E-state index in [-0.39, 0.29) is 30.3 Å². The Labute approximate surface area is 179 Å². The molecule has 1 aromatic carbocycles. The van der Waals surface area contributed by atoms with Crippen molar-refractivity contribution in [2.24, 2.45) is 0 Å². The highest BCUT2D eigenvalue weighted by molar-refractivity contribution is 5.93. The highest BCUT2D eigenvalue weighted by atomic mass is 16.2. The third kappa shape index (κ3) is 5.37. The van der Waals surface area contributed by atoms with E-state index in [0.717, 1.165) is 19.6 Å². The zero-order chi connectivity index (χ0) is 21.8. The molecule has 162 valence electrons. The Balaban J connectivity index is 1.21. The zero-order valence-corrected chi connectivity index (χ0v) is 17.5. The Kier molecular flexibility index (Phi) is 6.13. The molecule has 4 rings (SSSR count). The lowest BCUT2D eigenvalue weighted by Crippen LogP contribution is -2.48. The van der Waals surface area contributed by atoms with Gasteiger partial charge in [0.25, 0.3) is 0 Å². The van der Waals surface area contributed by atoms with Gasteiger partial charge in [-0.1, -0.05) is 29.8 Å². The summed E-state index contributed by atoms with van der Waals surface area (Å²) in [5, 5.41) is 2.67. The quantitative estimate of drug-likeness (QED) is 0.559. The number of carbonyl (C=O) groups excluding carboxylic acids is 2. The minimum atomic E-state index is -0.351. The molecule has 2 amide bonds. The van der Waals surface area contributed by atoms with Gasteiger partial charge in [0.05, 0.1) is 5.52 Å². The van der Waals surface area contributed by atoms with Crippen LogP contribution >= 0.6 is 0 Å². The van der Waals surface area contributed by atoms with Crippen LogP contribution in [0.25, 0.3) is 11.2 Å². The number of fused-ring (bicyclic) bond motifs is 1. The minimum absolute atomic E-state index is 0.0106. The van der Waals surface area contributed by atoms with Crippen molar-refractivity contribution in [2.45, 2.75) is 26.3 Å². The number of H-pyrrole nitrogens is 2. The standard InChI is InChI=1S/C22H26N6O3/c1-15-2-4-16(5-3-15)14-27-10-12-28(13-11-27)20(30)9-8-19(29)24-18-7-6-17-21(25-18)26-22(31)23-17/h2-7H,8-14H2,1H3,(H3,23,24,25,26,29,31). The molecule has 9 heteroatoms. The summed E-state index contributed by atoms with van der Waals surface area (Å²) in [5.41, 5.74) is 3.12. The SMILES string of the molecule is Cc1ccc(CN2CCN(C(=O)CCC(=O)Nc3ccc4[nH]c(=O)[nH]c4n3)CC2)cc1. The summed E-state index contributed by atoms with van der Waals surface area (Å²) in [4.78, 5) is 49.5. The van der Waals surface area contributed by atoms with Crippen LogP contribution in [0.3, 0.4) is 0 Å². The second-order valence-corrected chi connectivity index (χ2v) is 7.86. The largest absolute Gasteiger partial charge is 0.340 e. The Morgan fingerprint density at radius 1 is 1.00 bits per heavy atom. The Hall–Kier alpha value is -3.46. The number of benzene rings is 1. The molecular weight excluding hydrogens is 396 g/mol. The number of nitrogens with zero attached hydrogens (tertiary/aromatic N) is 3. The van der Waals surface area contributed by atoms with Crippen LogP contribution in [0.2, 0.25) is 0 Å². The van der Waals surface area contributed by atoms with Gasteiger partial charge in [-0.25, -0.2) is 9.78 Å². The van der Waals surface area contributed by atoms with Crippen molar-refractivity contribution in [3.63, 3.8) is 0 Å². The van der Waals surface area contributed by atoms with Crippen molar-refractivity contribution in [3.8, 4) is 0 Å². The van der Waals surface area contributed by atoms with E-state index in [0.29, 0.717) is 30.1 Å². The Morgan fingerprint density at radius 3 is 2.48 bits per heavy atom. The predicted octanol–water partition coefficient (Wildman–Crippen LogP) is 1.62. The molecule has 0 spiro atoms. The first-order valence-corrected chi connectivity index (χ1v) is 10.4. The van der Waals surface area contributed by atoms with Crippen molar-refractivity contribution >= 4 is 28.8 Å². The van der Waals surface area contributed by atoms with Crippen LogP contribution in [0.5, 0.6) is 0 Å². The number of hydrogen-bond acceptors (Lipinski definition) is 5. The average Bonchev–Trinajstić information content (AvgIpc) is 3.13. The van der Waals surface area contributed by atoms with Gasteiger partial charge < -0.3 is 15.2 Å². The van der Waals surface area contributed by atoms with E-state index in [1.165, 1.54) is 11.1 Å². The first-order valence-electron chi connectivity index (χ1n) is 10.4. The molecule has 3 N–H and O–H groups in total. The van der Waals surface area contributed by atoms with Crippen LogP contribution in [0.15, 0.2) is 41.2 Å². The number of nitrogens with one attached hydrogen (secondary N) is 3. The van der Waals surface area contributed by atoms with Gasteiger partial charge in [-0.2, -0.15) is 0 Å². The van der Waals surface area contributed by atoms with E-state index < -0.39 is 0 Å². The van der Waals surface area contributed by atoms with Crippen LogP contribution in [-0.2, 0) is 16.1 Å². The van der Waals surface area contributed by atoms with E-state index >= 15 is 0 Å². The number of pyridine rings is 1. The maximum absolute atomic E-state index is 12.5. The molecule has 9 nitrogen and oxygen atoms in total. The van der Waals surface area contributed by atoms with Gasteiger partial charge in [0.2, 0.25) is 11.8 Å². The van der Waals surface area contributed by atoms with Crippen LogP contribution in [0, 0.1) is 6.92 Å². The summed E-state index contributed by atoms with van der Waals surface area (Å²) in [6, 6.07) is 11.8. The number of aryl methyl sites for hydroxylation is 1. The molecule has 0 unspecified atom stereocenters. The fourth-order valence-electron chi connectivity index (χ4n) is 3.68. The molecular formula is C22H26N6O3. The molecule has 3 heterocycles. The van der Waals surface area contributed by atoms with Gasteiger partial charge in [0, 0.05) is 45.6 Å². The summed E-state index contributed by atoms with van der Waals surface area (Å²) in [5.74, 6) is 0.0459. The lowest BCUT2D eigenvalue weighted by molar-refractivity contribution is -0.134. The lowest BCUT2D eigenvalue weighted by atomic mass is 10.1. The minimum Gasteiger partial charge on any atom is -0.340 e. The molecule has 2 aromatic heterocycles. The topological polar surface area (TPSA) is 114 Å². The van der Waals surface area contributed by atoms with Gasteiger partial charge >= 0.3 is 5.69 Å². The number of piperazine rings is 1. The van der Waals surface area contributed by atoms with E-state index in [1.807, 2.05) is 4.90 Å². The summed E-state index contributed by atoms with van der Waals surface area (Å²) in [6.45, 7) is 5.95. The molecule has 0 aliphatic carbocycles. The number of imidazole rings is 1. The van der Waals surface area contributed by atoms with E-state index in [4.69, 9.17) is 0 Å².